The van der Waals surface area contributed by atoms with E-state index in [9.17, 15) is 19.5 Å². The Balaban J connectivity index is -0.0000000382. The number of carbonyl (C=O) groups excluding carboxylic acids is 1. The van der Waals surface area contributed by atoms with E-state index in [1.807, 2.05) is 20.9 Å². The molecule has 0 fully saturated rings. The van der Waals surface area contributed by atoms with E-state index in [-0.39, 0.29) is 105 Å². The van der Waals surface area contributed by atoms with Gasteiger partial charge in [-0.2, -0.15) is 12.8 Å². The van der Waals surface area contributed by atoms with Crippen molar-refractivity contribution < 1.29 is 139 Å². The number of aliphatic hydroxyl groups excluding tert-OH is 8. The van der Waals surface area contributed by atoms with Gasteiger partial charge in [-0.25, -0.2) is 0 Å². The summed E-state index contributed by atoms with van der Waals surface area (Å²) in [5.74, 6) is 0.00463. The second-order valence-electron chi connectivity index (χ2n) is 11.1. The molecule has 4 atom stereocenters. The molecule has 76 heavy (non-hydrogen) atoms. The summed E-state index contributed by atoms with van der Waals surface area (Å²) in [6, 6.07) is 0. The number of amides is 1. The first-order valence-electron chi connectivity index (χ1n) is 23.4. The summed E-state index contributed by atoms with van der Waals surface area (Å²) in [6.07, 6.45) is 23.0. The van der Waals surface area contributed by atoms with E-state index in [4.69, 9.17) is 68.4 Å². The smallest absolute Gasteiger partial charge is 0.247 e. The summed E-state index contributed by atoms with van der Waals surface area (Å²) in [7, 11) is 0.669. The van der Waals surface area contributed by atoms with Crippen LogP contribution in [0.2, 0.25) is 0 Å². The fourth-order valence-electron chi connectivity index (χ4n) is 1.63. The molecule has 0 aromatic carbocycles. The molecule has 0 rings (SSSR count). The van der Waals surface area contributed by atoms with Crippen molar-refractivity contribution in [2.45, 2.75) is 108 Å². The van der Waals surface area contributed by atoms with Gasteiger partial charge in [-0.3, -0.25) is 10.1 Å². The Morgan fingerprint density at radius 2 is 0.763 bits per heavy atom. The second kappa shape index (κ2) is 123. The molecular weight excluding hydrogens is 1200 g/mol. The molecule has 0 saturated carbocycles. The SMILES string of the molecule is C=P(O)(OC)OCC.C=P([O-])(OCC)OCCO.C=P([O-])(OCC)OCCOP(=C)([O-])OCC.CCC.CCCC.CNC(C)=O.CNCOC.CO.CO.CO.CSSC.OCCO.OCCO.[CH2-]CC.[CH2-]CC.[Y]. The van der Waals surface area contributed by atoms with Gasteiger partial charge in [-0.05, 0) is 53.6 Å². The normalized spacial score (nSPS) is 11.6. The van der Waals surface area contributed by atoms with Crippen LogP contribution in [0.25, 0.3) is 0 Å². The fraction of sp³-hybridized carbons (Fsp3) is 0.844. The molecule has 31 heteroatoms. The third-order valence-corrected chi connectivity index (χ3v) is 10.4. The van der Waals surface area contributed by atoms with Gasteiger partial charge < -0.3 is 121 Å². The minimum Gasteiger partial charge on any atom is -0.789 e. The predicted octanol–water partition coefficient (Wildman–Crippen LogP) is 4.28. The summed E-state index contributed by atoms with van der Waals surface area (Å²) in [5, 5.41) is 65.0. The van der Waals surface area contributed by atoms with Crippen molar-refractivity contribution in [2.24, 2.45) is 0 Å². The molecule has 0 saturated heterocycles. The zero-order valence-corrected chi connectivity index (χ0v) is 59.0. The van der Waals surface area contributed by atoms with E-state index >= 15 is 0 Å². The minimum atomic E-state index is -3.27. The van der Waals surface area contributed by atoms with Crippen molar-refractivity contribution in [3.63, 3.8) is 0 Å². The molecule has 0 aromatic rings. The number of rotatable bonds is 23. The van der Waals surface area contributed by atoms with Crippen LogP contribution >= 0.6 is 51.9 Å². The quantitative estimate of drug-likeness (QED) is 0.0223. The van der Waals surface area contributed by atoms with Gasteiger partial charge in [0.05, 0.1) is 66.2 Å². The maximum Gasteiger partial charge on any atom is 0.247 e. The zero-order chi connectivity index (χ0) is 63.5. The zero-order valence-electron chi connectivity index (χ0n) is 51.0. The number of hydrogen-bond acceptors (Lipinski definition) is 25. The maximum atomic E-state index is 11.3. The number of hydrogen-bond donors (Lipinski definition) is 11. The van der Waals surface area contributed by atoms with Gasteiger partial charge in [0.2, 0.25) is 13.5 Å². The average Bonchev–Trinajstić information content (AvgIpc) is 3.38. The van der Waals surface area contributed by atoms with Gasteiger partial charge in [-0.15, -0.1) is 0 Å². The first kappa shape index (κ1) is 120. The number of aliphatic hydroxyl groups is 8. The Morgan fingerprint density at radius 3 is 0.855 bits per heavy atom. The van der Waals surface area contributed by atoms with Crippen LogP contribution in [-0.2, 0) is 78.4 Å². The van der Waals surface area contributed by atoms with Gasteiger partial charge in [0.1, 0.15) is 0 Å². The molecule has 0 heterocycles. The summed E-state index contributed by atoms with van der Waals surface area (Å²) in [4.78, 5) is 52.2. The standard InChI is InChI=1S/C8H18O6P2.C5H12O4P.C4H11O3P.C4H10.C3H9NO.C3H7NO.C3H8.2C3H7.2C2H6O2.C2H6S2.3CH4O.Y/c1-5-11-15(3,9)13-7-8-14-16(4,10)12-6-2;1-3-8-10(2,7)9-5-4-6;1-4-7-8(3,5)6-2;1-3-4-2;1-4-3-5-2;1-3(5)4-2;3*1-3-2;2*3-1-2-4;1-3-4-2;3*1-2;/h3-8H2,1-2H3;6H,2-5H2,1H3;5H,3-4H2,1-2H3;3-4H2,1-2H3;4H,3H2,1-2H3;1-2H3,(H,4,5);3H2,1-2H3;2*1,3H2,2H3;2*3-4H,1-2H2;1-2H3;3*2H,1H3;/q-2;-1;;;;;;2*-1;;;;;;;. The molecule has 0 aromatic heterocycles. The molecule has 24 nitrogen and oxygen atoms in total. The van der Waals surface area contributed by atoms with Gasteiger partial charge in [0, 0.05) is 125 Å². The molecule has 0 aliphatic rings. The van der Waals surface area contributed by atoms with Gasteiger partial charge in [0.25, 0.3) is 0 Å². The van der Waals surface area contributed by atoms with Gasteiger partial charge in [-0.1, -0.05) is 101 Å². The topological polar surface area (TPSA) is 375 Å². The van der Waals surface area contributed by atoms with Crippen molar-refractivity contribution in [1.82, 2.24) is 10.6 Å². The Bertz CT molecular complexity index is 996. The van der Waals surface area contributed by atoms with Crippen LogP contribution in [0.1, 0.15) is 108 Å². The Kier molecular flexibility index (Phi) is 195. The number of nitrogens with one attached hydrogen (secondary N) is 2. The van der Waals surface area contributed by atoms with E-state index in [0.717, 1.165) is 34.2 Å². The molecule has 0 aliphatic heterocycles. The van der Waals surface area contributed by atoms with Crippen molar-refractivity contribution in [2.75, 3.05) is 148 Å². The van der Waals surface area contributed by atoms with Gasteiger partial charge >= 0.3 is 0 Å². The molecule has 0 aliphatic carbocycles. The monoisotopic (exact) mass is 1320 g/mol. The van der Waals surface area contributed by atoms with Gasteiger partial charge in [0.15, 0.2) is 0 Å². The summed E-state index contributed by atoms with van der Waals surface area (Å²) in [5.41, 5.74) is 0. The summed E-state index contributed by atoms with van der Waals surface area (Å²) in [6.45, 7) is 29.0. The molecule has 4 unspecified atom stereocenters. The molecule has 0 bridgehead atoms. The maximum absolute atomic E-state index is 11.3. The van der Waals surface area contributed by atoms with Crippen LogP contribution in [0.15, 0.2) is 0 Å². The largest absolute Gasteiger partial charge is 0.789 e. The van der Waals surface area contributed by atoms with Crippen LogP contribution in [-0.4, -0.2) is 225 Å². The predicted molar refractivity (Wildman–Crippen MR) is 325 cm³/mol. The molecule has 481 valence electrons. The number of methoxy groups -OCH3 is 1. The second-order valence-corrected chi connectivity index (χ2v) is 20.9. The van der Waals surface area contributed by atoms with E-state index in [1.165, 1.54) is 33.3 Å². The first-order valence-corrected chi connectivity index (χ1v) is 33.3. The Morgan fingerprint density at radius 1 is 0.539 bits per heavy atom. The number of ether oxygens (including phenoxy) is 1. The van der Waals surface area contributed by atoms with Crippen molar-refractivity contribution >= 4 is 83.0 Å². The van der Waals surface area contributed by atoms with Crippen LogP contribution in [0.3, 0.4) is 0 Å². The molecule has 11 N–H and O–H groups in total. The third-order valence-electron chi connectivity index (χ3n) is 4.14. The average molecular weight is 1320 g/mol. The van der Waals surface area contributed by atoms with Crippen LogP contribution in [0.5, 0.6) is 0 Å². The van der Waals surface area contributed by atoms with E-state index in [1.54, 1.807) is 63.4 Å². The molecule has 1 amide bonds. The van der Waals surface area contributed by atoms with Crippen LogP contribution < -0.4 is 25.3 Å². The van der Waals surface area contributed by atoms with E-state index < -0.39 is 30.3 Å². The fourth-order valence-corrected chi connectivity index (χ4v) is 4.61. The molecule has 1 radical (unpaired) electrons. The van der Waals surface area contributed by atoms with Crippen LogP contribution in [0.4, 0.5) is 0 Å². The van der Waals surface area contributed by atoms with E-state index in [2.05, 4.69) is 108 Å². The summed E-state index contributed by atoms with van der Waals surface area (Å²) < 4.78 is 42.2. The molecule has 0 spiro atoms. The van der Waals surface area contributed by atoms with Crippen molar-refractivity contribution in [1.29, 1.82) is 0 Å². The minimum absolute atomic E-state index is 0. The molecular formula is C45H119N2O22P4S2Y-5. The third kappa shape index (κ3) is 232. The van der Waals surface area contributed by atoms with Crippen molar-refractivity contribution in [3.8, 4) is 0 Å². The first-order chi connectivity index (χ1) is 35.2. The van der Waals surface area contributed by atoms with Crippen molar-refractivity contribution in [3.05, 3.63) is 13.8 Å². The number of unbranched alkanes of at least 4 members (excludes halogenated alkanes) is 1. The Hall–Kier alpha value is 1.59. The van der Waals surface area contributed by atoms with Crippen LogP contribution in [0, 0.1) is 13.8 Å². The Labute approximate surface area is 499 Å². The van der Waals surface area contributed by atoms with E-state index in [0.29, 0.717) is 19.9 Å². The summed E-state index contributed by atoms with van der Waals surface area (Å²) >= 11 is 0. The number of carbonyl (C=O) groups is 1.